The fraction of sp³-hybridized carbons (Fsp3) is 0.833. The largest absolute Gasteiger partial charge is 0.481 e. The number of likely N-dealkylation sites (tertiary alicyclic amines) is 1. The van der Waals surface area contributed by atoms with Gasteiger partial charge in [-0.2, -0.15) is 0 Å². The molecule has 6 nitrogen and oxygen atoms in total. The van der Waals surface area contributed by atoms with Gasteiger partial charge in [0.1, 0.15) is 5.60 Å². The van der Waals surface area contributed by atoms with Crippen LogP contribution in [0.1, 0.15) is 34.1 Å². The van der Waals surface area contributed by atoms with Crippen molar-refractivity contribution in [2.75, 3.05) is 13.1 Å². The van der Waals surface area contributed by atoms with E-state index in [9.17, 15) is 14.7 Å². The zero-order valence-corrected chi connectivity index (χ0v) is 11.4. The summed E-state index contributed by atoms with van der Waals surface area (Å²) in [6.07, 6.45) is -0.0240. The van der Waals surface area contributed by atoms with Crippen LogP contribution in [0.15, 0.2) is 0 Å². The van der Waals surface area contributed by atoms with Gasteiger partial charge in [0.25, 0.3) is 0 Å². The quantitative estimate of drug-likeness (QED) is 0.733. The van der Waals surface area contributed by atoms with Gasteiger partial charge < -0.3 is 20.5 Å². The minimum atomic E-state index is -1.12. The van der Waals surface area contributed by atoms with E-state index in [0.717, 1.165) is 0 Å². The number of hydrogen-bond donors (Lipinski definition) is 2. The number of carboxylic acids is 1. The molecule has 2 atom stereocenters. The van der Waals surface area contributed by atoms with Crippen LogP contribution in [0.3, 0.4) is 0 Å². The Balaban J connectivity index is 2.77. The maximum Gasteiger partial charge on any atom is 0.410 e. The Bertz CT molecular complexity index is 350. The lowest BCUT2D eigenvalue weighted by molar-refractivity contribution is -0.152. The van der Waals surface area contributed by atoms with E-state index in [1.165, 1.54) is 4.90 Å². The number of ether oxygens (including phenoxy) is 1. The summed E-state index contributed by atoms with van der Waals surface area (Å²) in [4.78, 5) is 24.6. The van der Waals surface area contributed by atoms with Crippen molar-refractivity contribution in [3.05, 3.63) is 0 Å². The van der Waals surface area contributed by atoms with Crippen molar-refractivity contribution < 1.29 is 19.4 Å². The summed E-state index contributed by atoms with van der Waals surface area (Å²) in [5, 5.41) is 9.24. The first-order valence-electron chi connectivity index (χ1n) is 6.03. The van der Waals surface area contributed by atoms with Gasteiger partial charge in [-0.05, 0) is 34.1 Å². The molecule has 104 valence electrons. The number of hydrogen-bond acceptors (Lipinski definition) is 4. The SMILES string of the molecule is CC(C)(C)OC(=O)N1CC[C@H](N)[C@](C)(C(=O)O)C1. The van der Waals surface area contributed by atoms with E-state index in [1.807, 2.05) is 0 Å². The Kier molecular flexibility index (Phi) is 3.90. The minimum absolute atomic E-state index is 0.0818. The molecule has 1 aliphatic heterocycles. The van der Waals surface area contributed by atoms with Crippen molar-refractivity contribution in [3.63, 3.8) is 0 Å². The van der Waals surface area contributed by atoms with Gasteiger partial charge in [0.15, 0.2) is 0 Å². The maximum atomic E-state index is 11.9. The number of carbonyl (C=O) groups is 2. The molecule has 0 unspecified atom stereocenters. The highest BCUT2D eigenvalue weighted by atomic mass is 16.6. The van der Waals surface area contributed by atoms with E-state index in [0.29, 0.717) is 13.0 Å². The molecule has 6 heteroatoms. The zero-order chi connectivity index (χ0) is 14.1. The molecule has 1 saturated heterocycles. The Hall–Kier alpha value is -1.30. The van der Waals surface area contributed by atoms with Gasteiger partial charge in [-0.1, -0.05) is 0 Å². The Morgan fingerprint density at radius 1 is 1.44 bits per heavy atom. The summed E-state index contributed by atoms with van der Waals surface area (Å²) >= 11 is 0. The van der Waals surface area contributed by atoms with Gasteiger partial charge in [-0.15, -0.1) is 0 Å². The van der Waals surface area contributed by atoms with Gasteiger partial charge in [0.2, 0.25) is 0 Å². The summed E-state index contributed by atoms with van der Waals surface area (Å²) in [7, 11) is 0. The molecule has 0 aromatic heterocycles. The standard InChI is InChI=1S/C12H22N2O4/c1-11(2,3)18-10(17)14-6-5-8(13)12(4,7-14)9(15)16/h8H,5-7,13H2,1-4H3,(H,15,16)/t8-,12+/m0/s1. The van der Waals surface area contributed by atoms with Gasteiger partial charge >= 0.3 is 12.1 Å². The summed E-state index contributed by atoms with van der Waals surface area (Å²) in [6.45, 7) is 7.40. The molecule has 0 aromatic rings. The van der Waals surface area contributed by atoms with Crippen molar-refractivity contribution >= 4 is 12.1 Å². The average molecular weight is 258 g/mol. The highest BCUT2D eigenvalue weighted by Gasteiger charge is 2.46. The molecule has 0 spiro atoms. The van der Waals surface area contributed by atoms with Gasteiger partial charge in [0.05, 0.1) is 5.41 Å². The minimum Gasteiger partial charge on any atom is -0.481 e. The lowest BCUT2D eigenvalue weighted by atomic mass is 9.78. The number of nitrogens with zero attached hydrogens (tertiary/aromatic N) is 1. The fourth-order valence-electron chi connectivity index (χ4n) is 1.91. The third-order valence-electron chi connectivity index (χ3n) is 3.19. The predicted molar refractivity (Wildman–Crippen MR) is 66.1 cm³/mol. The first kappa shape index (κ1) is 14.8. The lowest BCUT2D eigenvalue weighted by Gasteiger charge is -2.41. The van der Waals surface area contributed by atoms with E-state index in [-0.39, 0.29) is 6.54 Å². The second-order valence-electron chi connectivity index (χ2n) is 6.02. The molecule has 1 amide bonds. The summed E-state index contributed by atoms with van der Waals surface area (Å²) in [6, 6.07) is -0.450. The average Bonchev–Trinajstić information content (AvgIpc) is 2.19. The highest BCUT2D eigenvalue weighted by molar-refractivity contribution is 5.77. The molecule has 0 radical (unpaired) electrons. The summed E-state index contributed by atoms with van der Waals surface area (Å²) in [5.41, 5.74) is 4.14. The number of piperidine rings is 1. The van der Waals surface area contributed by atoms with E-state index >= 15 is 0 Å². The van der Waals surface area contributed by atoms with E-state index in [2.05, 4.69) is 0 Å². The first-order chi connectivity index (χ1) is 8.06. The Labute approximate surface area is 107 Å². The number of amides is 1. The molecule has 1 aliphatic rings. The number of carbonyl (C=O) groups excluding carboxylic acids is 1. The highest BCUT2D eigenvalue weighted by Crippen LogP contribution is 2.29. The van der Waals surface area contributed by atoms with Crippen LogP contribution in [0, 0.1) is 5.41 Å². The number of aliphatic carboxylic acids is 1. The number of nitrogens with two attached hydrogens (primary N) is 1. The van der Waals surface area contributed by atoms with Crippen molar-refractivity contribution in [2.24, 2.45) is 11.1 Å². The van der Waals surface area contributed by atoms with Gasteiger partial charge in [-0.3, -0.25) is 4.79 Å². The van der Waals surface area contributed by atoms with E-state index < -0.39 is 29.1 Å². The monoisotopic (exact) mass is 258 g/mol. The molecule has 3 N–H and O–H groups in total. The molecule has 18 heavy (non-hydrogen) atoms. The van der Waals surface area contributed by atoms with Crippen molar-refractivity contribution in [2.45, 2.75) is 45.8 Å². The molecule has 1 rings (SSSR count). The third-order valence-corrected chi connectivity index (χ3v) is 3.19. The fourth-order valence-corrected chi connectivity index (χ4v) is 1.91. The topological polar surface area (TPSA) is 92.9 Å². The van der Waals surface area contributed by atoms with Gasteiger partial charge in [0, 0.05) is 19.1 Å². The smallest absolute Gasteiger partial charge is 0.410 e. The molecule has 0 bridgehead atoms. The molecule has 0 aliphatic carbocycles. The molecule has 1 heterocycles. The van der Waals surface area contributed by atoms with Crippen LogP contribution in [0.4, 0.5) is 4.79 Å². The van der Waals surface area contributed by atoms with Crippen molar-refractivity contribution in [1.29, 1.82) is 0 Å². The second-order valence-corrected chi connectivity index (χ2v) is 6.02. The van der Waals surface area contributed by atoms with E-state index in [1.54, 1.807) is 27.7 Å². The molecule has 0 saturated carbocycles. The second kappa shape index (κ2) is 4.76. The van der Waals surface area contributed by atoms with Crippen LogP contribution in [-0.4, -0.2) is 46.8 Å². The zero-order valence-electron chi connectivity index (χ0n) is 11.4. The normalized spacial score (nSPS) is 28.9. The van der Waals surface area contributed by atoms with Crippen LogP contribution in [0.2, 0.25) is 0 Å². The Morgan fingerprint density at radius 2 is 2.00 bits per heavy atom. The molecule has 1 fully saturated rings. The molecular weight excluding hydrogens is 236 g/mol. The lowest BCUT2D eigenvalue weighted by Crippen LogP contribution is -2.59. The van der Waals surface area contributed by atoms with Gasteiger partial charge in [-0.25, -0.2) is 4.79 Å². The Morgan fingerprint density at radius 3 is 2.44 bits per heavy atom. The molecule has 0 aromatic carbocycles. The van der Waals surface area contributed by atoms with E-state index in [4.69, 9.17) is 10.5 Å². The van der Waals surface area contributed by atoms with Crippen LogP contribution < -0.4 is 5.73 Å². The van der Waals surface area contributed by atoms with Crippen LogP contribution >= 0.6 is 0 Å². The predicted octanol–water partition coefficient (Wildman–Crippen LogP) is 1.05. The third kappa shape index (κ3) is 3.13. The summed E-state index contributed by atoms with van der Waals surface area (Å²) < 4.78 is 5.24. The van der Waals surface area contributed by atoms with Crippen molar-refractivity contribution in [3.8, 4) is 0 Å². The summed E-state index contributed by atoms with van der Waals surface area (Å²) in [5.74, 6) is -0.983. The maximum absolute atomic E-state index is 11.9. The number of rotatable bonds is 1. The van der Waals surface area contributed by atoms with Crippen LogP contribution in [-0.2, 0) is 9.53 Å². The van der Waals surface area contributed by atoms with Crippen LogP contribution in [0.25, 0.3) is 0 Å². The number of carboxylic acid groups (broad SMARTS) is 1. The molecular formula is C12H22N2O4. The van der Waals surface area contributed by atoms with Crippen molar-refractivity contribution in [1.82, 2.24) is 4.90 Å². The first-order valence-corrected chi connectivity index (χ1v) is 6.03. The van der Waals surface area contributed by atoms with Crippen LogP contribution in [0.5, 0.6) is 0 Å².